The van der Waals surface area contributed by atoms with Gasteiger partial charge in [-0.3, -0.25) is 9.59 Å². The molecule has 16 heavy (non-hydrogen) atoms. The molecule has 0 aromatic heterocycles. The van der Waals surface area contributed by atoms with Crippen LogP contribution < -0.4 is 0 Å². The quantitative estimate of drug-likeness (QED) is 0.677. The van der Waals surface area contributed by atoms with Crippen LogP contribution in [0.2, 0.25) is 0 Å². The zero-order valence-corrected chi connectivity index (χ0v) is 10.0. The molecule has 4 nitrogen and oxygen atoms in total. The lowest BCUT2D eigenvalue weighted by Crippen LogP contribution is -2.26. The Labute approximate surface area is 96.3 Å². The molecule has 0 amide bonds. The number of esters is 2. The molecule has 92 valence electrons. The van der Waals surface area contributed by atoms with E-state index in [1.807, 2.05) is 0 Å². The number of carbonyl (C=O) groups is 2. The molecular weight excluding hydrogens is 208 g/mol. The lowest BCUT2D eigenvalue weighted by atomic mass is 9.84. The van der Waals surface area contributed by atoms with Gasteiger partial charge in [0.15, 0.2) is 0 Å². The smallest absolute Gasteiger partial charge is 0.308 e. The van der Waals surface area contributed by atoms with Gasteiger partial charge >= 0.3 is 11.9 Å². The third-order valence-corrected chi connectivity index (χ3v) is 3.24. The average Bonchev–Trinajstić information content (AvgIpc) is 2.27. The van der Waals surface area contributed by atoms with E-state index in [0.29, 0.717) is 6.42 Å². The molecule has 0 aromatic carbocycles. The Kier molecular flexibility index (Phi) is 5.29. The highest BCUT2D eigenvalue weighted by Crippen LogP contribution is 2.28. The lowest BCUT2D eigenvalue weighted by molar-refractivity contribution is -0.150. The number of methoxy groups -OCH3 is 2. The second kappa shape index (κ2) is 6.51. The molecule has 0 heterocycles. The molecule has 2 unspecified atom stereocenters. The molecule has 1 saturated carbocycles. The van der Waals surface area contributed by atoms with Crippen molar-refractivity contribution < 1.29 is 19.1 Å². The molecule has 0 bridgehead atoms. The van der Waals surface area contributed by atoms with Gasteiger partial charge in [-0.15, -0.1) is 0 Å². The van der Waals surface area contributed by atoms with Gasteiger partial charge in [-0.25, -0.2) is 0 Å². The molecule has 4 heteroatoms. The van der Waals surface area contributed by atoms with Crippen LogP contribution in [-0.4, -0.2) is 26.2 Å². The van der Waals surface area contributed by atoms with E-state index in [1.54, 1.807) is 0 Å². The van der Waals surface area contributed by atoms with Crippen molar-refractivity contribution in [3.05, 3.63) is 0 Å². The number of carbonyl (C=O) groups excluding carboxylic acids is 2. The van der Waals surface area contributed by atoms with Crippen molar-refractivity contribution in [3.8, 4) is 0 Å². The first-order chi connectivity index (χ1) is 7.69. The molecule has 1 aliphatic carbocycles. The van der Waals surface area contributed by atoms with Gasteiger partial charge in [0.1, 0.15) is 0 Å². The van der Waals surface area contributed by atoms with E-state index in [-0.39, 0.29) is 23.8 Å². The van der Waals surface area contributed by atoms with Gasteiger partial charge in [0.05, 0.1) is 26.1 Å². The Morgan fingerprint density at radius 2 is 1.31 bits per heavy atom. The first-order valence-electron chi connectivity index (χ1n) is 5.84. The standard InChI is InChI=1S/C12H20O4/c1-15-11(13)9-6-4-3-5-7-10(8-9)12(14)16-2/h9-10H,3-8H2,1-2H3. The van der Waals surface area contributed by atoms with Gasteiger partial charge in [-0.2, -0.15) is 0 Å². The lowest BCUT2D eigenvalue weighted by Gasteiger charge is -2.23. The van der Waals surface area contributed by atoms with Crippen LogP contribution in [-0.2, 0) is 19.1 Å². The summed E-state index contributed by atoms with van der Waals surface area (Å²) in [4.78, 5) is 23.0. The summed E-state index contributed by atoms with van der Waals surface area (Å²) in [6, 6.07) is 0. The number of hydrogen-bond donors (Lipinski definition) is 0. The SMILES string of the molecule is COC(=O)C1CCCCCC(C(=O)OC)C1. The Bertz CT molecular complexity index is 225. The van der Waals surface area contributed by atoms with Gasteiger partial charge < -0.3 is 9.47 Å². The summed E-state index contributed by atoms with van der Waals surface area (Å²) in [5, 5.41) is 0. The predicted molar refractivity (Wildman–Crippen MR) is 58.7 cm³/mol. The Morgan fingerprint density at radius 1 is 0.875 bits per heavy atom. The fourth-order valence-corrected chi connectivity index (χ4v) is 2.30. The molecule has 0 aromatic rings. The van der Waals surface area contributed by atoms with E-state index in [2.05, 4.69) is 0 Å². The molecule has 2 atom stereocenters. The fraction of sp³-hybridized carbons (Fsp3) is 0.833. The van der Waals surface area contributed by atoms with Gasteiger partial charge in [0.25, 0.3) is 0 Å². The summed E-state index contributed by atoms with van der Waals surface area (Å²) in [5.41, 5.74) is 0. The molecule has 1 rings (SSSR count). The van der Waals surface area contributed by atoms with Crippen molar-refractivity contribution >= 4 is 11.9 Å². The fourth-order valence-electron chi connectivity index (χ4n) is 2.30. The molecule has 0 spiro atoms. The monoisotopic (exact) mass is 228 g/mol. The molecule has 1 fully saturated rings. The van der Waals surface area contributed by atoms with Crippen molar-refractivity contribution in [3.63, 3.8) is 0 Å². The summed E-state index contributed by atoms with van der Waals surface area (Å²) in [7, 11) is 2.79. The van der Waals surface area contributed by atoms with Crippen LogP contribution >= 0.6 is 0 Å². The molecule has 1 aliphatic rings. The van der Waals surface area contributed by atoms with E-state index >= 15 is 0 Å². The van der Waals surface area contributed by atoms with Crippen molar-refractivity contribution in [2.75, 3.05) is 14.2 Å². The summed E-state index contributed by atoms with van der Waals surface area (Å²) < 4.78 is 9.51. The summed E-state index contributed by atoms with van der Waals surface area (Å²) >= 11 is 0. The number of ether oxygens (including phenoxy) is 2. The number of rotatable bonds is 2. The minimum absolute atomic E-state index is 0.144. The topological polar surface area (TPSA) is 52.6 Å². The van der Waals surface area contributed by atoms with Gasteiger partial charge in [-0.1, -0.05) is 19.3 Å². The molecule has 0 radical (unpaired) electrons. The Hall–Kier alpha value is -1.06. The first kappa shape index (κ1) is 13.0. The van der Waals surface area contributed by atoms with Crippen LogP contribution in [0.15, 0.2) is 0 Å². The van der Waals surface area contributed by atoms with Gasteiger partial charge in [-0.05, 0) is 19.3 Å². The summed E-state index contributed by atoms with van der Waals surface area (Å²) in [6.07, 6.45) is 5.35. The second-order valence-electron chi connectivity index (χ2n) is 4.31. The Balaban J connectivity index is 2.63. The number of hydrogen-bond acceptors (Lipinski definition) is 4. The van der Waals surface area contributed by atoms with E-state index in [0.717, 1.165) is 32.1 Å². The van der Waals surface area contributed by atoms with Crippen LogP contribution in [0.5, 0.6) is 0 Å². The predicted octanol–water partition coefficient (Wildman–Crippen LogP) is 1.92. The van der Waals surface area contributed by atoms with Gasteiger partial charge in [0, 0.05) is 0 Å². The normalized spacial score (nSPS) is 26.4. The minimum atomic E-state index is -0.198. The molecular formula is C12H20O4. The van der Waals surface area contributed by atoms with Crippen LogP contribution in [0.3, 0.4) is 0 Å². The van der Waals surface area contributed by atoms with Crippen LogP contribution in [0.4, 0.5) is 0 Å². The van der Waals surface area contributed by atoms with Crippen molar-refractivity contribution in [2.45, 2.75) is 38.5 Å². The van der Waals surface area contributed by atoms with E-state index in [1.165, 1.54) is 14.2 Å². The molecule has 0 saturated heterocycles. The average molecular weight is 228 g/mol. The second-order valence-corrected chi connectivity index (χ2v) is 4.31. The van der Waals surface area contributed by atoms with Crippen LogP contribution in [0.25, 0.3) is 0 Å². The van der Waals surface area contributed by atoms with Crippen molar-refractivity contribution in [2.24, 2.45) is 11.8 Å². The maximum absolute atomic E-state index is 11.5. The van der Waals surface area contributed by atoms with E-state index < -0.39 is 0 Å². The Morgan fingerprint density at radius 3 is 1.69 bits per heavy atom. The highest BCUT2D eigenvalue weighted by Gasteiger charge is 2.29. The van der Waals surface area contributed by atoms with Crippen LogP contribution in [0.1, 0.15) is 38.5 Å². The van der Waals surface area contributed by atoms with Crippen LogP contribution in [0, 0.1) is 11.8 Å². The van der Waals surface area contributed by atoms with E-state index in [4.69, 9.17) is 9.47 Å². The zero-order valence-electron chi connectivity index (χ0n) is 10.0. The largest absolute Gasteiger partial charge is 0.469 e. The third-order valence-electron chi connectivity index (χ3n) is 3.24. The van der Waals surface area contributed by atoms with Gasteiger partial charge in [0.2, 0.25) is 0 Å². The first-order valence-corrected chi connectivity index (χ1v) is 5.84. The third kappa shape index (κ3) is 3.51. The highest BCUT2D eigenvalue weighted by molar-refractivity contribution is 5.75. The molecule has 0 N–H and O–H groups in total. The maximum atomic E-state index is 11.5. The zero-order chi connectivity index (χ0) is 12.0. The molecule has 0 aliphatic heterocycles. The summed E-state index contributed by atoms with van der Waals surface area (Å²) in [6.45, 7) is 0. The highest BCUT2D eigenvalue weighted by atomic mass is 16.5. The maximum Gasteiger partial charge on any atom is 0.308 e. The van der Waals surface area contributed by atoms with Crippen molar-refractivity contribution in [1.29, 1.82) is 0 Å². The summed E-state index contributed by atoms with van der Waals surface area (Å²) in [5.74, 6) is -0.685. The minimum Gasteiger partial charge on any atom is -0.469 e. The van der Waals surface area contributed by atoms with E-state index in [9.17, 15) is 9.59 Å². The van der Waals surface area contributed by atoms with Crippen molar-refractivity contribution in [1.82, 2.24) is 0 Å².